The molecule has 6 atom stereocenters. The van der Waals surface area contributed by atoms with E-state index >= 15 is 0 Å². The smallest absolute Gasteiger partial charge is 0.185 e. The third-order valence-corrected chi connectivity index (χ3v) is 11.4. The van der Waals surface area contributed by atoms with Crippen LogP contribution >= 0.6 is 0 Å². The maximum atomic E-state index is 4.11. The van der Waals surface area contributed by atoms with E-state index in [1.54, 1.807) is 11.0 Å². The zero-order valence-corrected chi connectivity index (χ0v) is 22.9. The van der Waals surface area contributed by atoms with Gasteiger partial charge in [-0.25, -0.2) is 0 Å². The number of piperidine rings is 3. The summed E-state index contributed by atoms with van der Waals surface area (Å²) < 4.78 is 0. The van der Waals surface area contributed by atoms with Gasteiger partial charge in [0.2, 0.25) is 0 Å². The van der Waals surface area contributed by atoms with Crippen molar-refractivity contribution in [1.29, 1.82) is 0 Å². The molecule has 4 saturated heterocycles. The summed E-state index contributed by atoms with van der Waals surface area (Å²) in [5.74, 6) is 3.29. The van der Waals surface area contributed by atoms with Gasteiger partial charge in [-0.15, -0.1) is 0 Å². The van der Waals surface area contributed by atoms with E-state index in [1.807, 2.05) is 0 Å². The first-order valence-electron chi connectivity index (χ1n) is 15.5. The molecule has 8 rings (SSSR count). The molecule has 0 saturated carbocycles. The molecule has 4 fully saturated rings. The number of para-hydroxylation sites is 2. The minimum Gasteiger partial charge on any atom is -0.325 e. The first-order valence-corrected chi connectivity index (χ1v) is 15.5. The Morgan fingerprint density at radius 2 is 1.31 bits per heavy atom. The number of hydrogen-bond donors (Lipinski definition) is 3. The summed E-state index contributed by atoms with van der Waals surface area (Å²) in [5.41, 5.74) is 6.19. The van der Waals surface area contributed by atoms with Crippen LogP contribution in [0.2, 0.25) is 11.6 Å². The summed E-state index contributed by atoms with van der Waals surface area (Å²) in [5, 5.41) is 11.9. The fraction of sp³-hybridized carbons (Fsp3) is 0.471. The quantitative estimate of drug-likeness (QED) is 0.429. The lowest BCUT2D eigenvalue weighted by atomic mass is 9.19. The number of anilines is 2. The fourth-order valence-corrected chi connectivity index (χ4v) is 10.3. The van der Waals surface area contributed by atoms with E-state index in [0.29, 0.717) is 42.3 Å². The Morgan fingerprint density at radius 1 is 0.667 bits per heavy atom. The van der Waals surface area contributed by atoms with Crippen LogP contribution in [0.15, 0.2) is 84.9 Å². The maximum absolute atomic E-state index is 4.11. The van der Waals surface area contributed by atoms with Crippen LogP contribution in [-0.2, 0) is 5.41 Å². The van der Waals surface area contributed by atoms with Crippen molar-refractivity contribution in [3.05, 3.63) is 90.5 Å². The fourth-order valence-electron chi connectivity index (χ4n) is 10.3. The summed E-state index contributed by atoms with van der Waals surface area (Å²) in [6.45, 7) is 6.31. The van der Waals surface area contributed by atoms with Crippen molar-refractivity contribution in [2.75, 3.05) is 37.6 Å². The van der Waals surface area contributed by atoms with Gasteiger partial charge in [-0.2, -0.15) is 0 Å². The second-order valence-electron chi connectivity index (χ2n) is 12.8. The SMILES string of the molecule is c1ccc(B2C3CNCCC3C3(c4ccccc4N(c4ccccc4)C4NCCCC43)C3CCNCC23)cc1. The molecule has 39 heavy (non-hydrogen) atoms. The molecular formula is C34H41BN4. The van der Waals surface area contributed by atoms with Gasteiger partial charge in [0.1, 0.15) is 0 Å². The Morgan fingerprint density at radius 3 is 2.03 bits per heavy atom. The maximum Gasteiger partial charge on any atom is 0.185 e. The van der Waals surface area contributed by atoms with Crippen LogP contribution in [0.25, 0.3) is 0 Å². The highest BCUT2D eigenvalue weighted by atomic mass is 15.3. The first-order chi connectivity index (χ1) is 19.4. The van der Waals surface area contributed by atoms with E-state index in [9.17, 15) is 0 Å². The molecule has 5 aliphatic rings. The summed E-state index contributed by atoms with van der Waals surface area (Å²) >= 11 is 0. The molecule has 0 aromatic heterocycles. The number of hydrogen-bond acceptors (Lipinski definition) is 4. The van der Waals surface area contributed by atoms with Gasteiger partial charge in [0.15, 0.2) is 6.71 Å². The highest BCUT2D eigenvalue weighted by Gasteiger charge is 2.67. The van der Waals surface area contributed by atoms with Crippen molar-refractivity contribution in [3.8, 4) is 0 Å². The Hall–Kier alpha value is -2.60. The predicted molar refractivity (Wildman–Crippen MR) is 162 cm³/mol. The topological polar surface area (TPSA) is 39.3 Å². The van der Waals surface area contributed by atoms with Gasteiger partial charge >= 0.3 is 0 Å². The third-order valence-electron chi connectivity index (χ3n) is 11.4. The van der Waals surface area contributed by atoms with Gasteiger partial charge < -0.3 is 15.5 Å². The average Bonchev–Trinajstić information content (AvgIpc) is 3.02. The lowest BCUT2D eigenvalue weighted by Gasteiger charge is -2.68. The van der Waals surface area contributed by atoms with Crippen LogP contribution < -0.4 is 26.3 Å². The average molecular weight is 517 g/mol. The normalized spacial score (nSPS) is 35.5. The third kappa shape index (κ3) is 3.56. The summed E-state index contributed by atoms with van der Waals surface area (Å²) in [6.07, 6.45) is 5.51. The Balaban J connectivity index is 1.38. The molecule has 5 aliphatic heterocycles. The second-order valence-corrected chi connectivity index (χ2v) is 12.8. The van der Waals surface area contributed by atoms with Crippen LogP contribution in [0.5, 0.6) is 0 Å². The van der Waals surface area contributed by atoms with E-state index in [1.165, 1.54) is 37.1 Å². The van der Waals surface area contributed by atoms with Crippen molar-refractivity contribution < 1.29 is 0 Å². The molecule has 0 bridgehead atoms. The zero-order valence-electron chi connectivity index (χ0n) is 22.9. The minimum absolute atomic E-state index is 0.199. The largest absolute Gasteiger partial charge is 0.325 e. The van der Waals surface area contributed by atoms with Crippen LogP contribution in [0.1, 0.15) is 31.2 Å². The lowest BCUT2D eigenvalue weighted by Crippen LogP contribution is -2.73. The highest BCUT2D eigenvalue weighted by Crippen LogP contribution is 2.67. The summed E-state index contributed by atoms with van der Waals surface area (Å²) in [4.78, 5) is 2.68. The number of nitrogens with zero attached hydrogens (tertiary/aromatic N) is 1. The van der Waals surface area contributed by atoms with Crippen molar-refractivity contribution in [3.63, 3.8) is 0 Å². The monoisotopic (exact) mass is 516 g/mol. The molecule has 200 valence electrons. The van der Waals surface area contributed by atoms with Crippen LogP contribution in [0.4, 0.5) is 11.4 Å². The first kappa shape index (κ1) is 24.2. The molecular weight excluding hydrogens is 475 g/mol. The number of rotatable bonds is 2. The van der Waals surface area contributed by atoms with E-state index in [0.717, 1.165) is 32.7 Å². The second kappa shape index (κ2) is 9.80. The van der Waals surface area contributed by atoms with E-state index in [2.05, 4.69) is 106 Å². The molecule has 6 unspecified atom stereocenters. The van der Waals surface area contributed by atoms with Gasteiger partial charge in [-0.3, -0.25) is 5.32 Å². The van der Waals surface area contributed by atoms with Gasteiger partial charge in [-0.1, -0.05) is 72.2 Å². The Labute approximate surface area is 234 Å². The number of fused-ring (bicyclic) bond motifs is 8. The van der Waals surface area contributed by atoms with E-state index in [-0.39, 0.29) is 5.41 Å². The highest BCUT2D eigenvalue weighted by molar-refractivity contribution is 6.76. The molecule has 4 nitrogen and oxygen atoms in total. The van der Waals surface area contributed by atoms with Gasteiger partial charge in [0, 0.05) is 22.7 Å². The predicted octanol–water partition coefficient (Wildman–Crippen LogP) is 4.78. The van der Waals surface area contributed by atoms with Crippen molar-refractivity contribution in [2.24, 2.45) is 17.8 Å². The molecule has 5 heterocycles. The molecule has 3 N–H and O–H groups in total. The molecule has 3 aromatic carbocycles. The van der Waals surface area contributed by atoms with Gasteiger partial charge in [0.05, 0.1) is 6.17 Å². The molecule has 1 spiro atoms. The van der Waals surface area contributed by atoms with Gasteiger partial charge in [0.25, 0.3) is 0 Å². The Bertz CT molecular complexity index is 1270. The van der Waals surface area contributed by atoms with Crippen LogP contribution in [0, 0.1) is 17.8 Å². The van der Waals surface area contributed by atoms with Crippen LogP contribution in [-0.4, -0.2) is 45.6 Å². The van der Waals surface area contributed by atoms with Crippen molar-refractivity contribution in [1.82, 2.24) is 16.0 Å². The Kier molecular flexibility index (Phi) is 6.08. The standard InChI is InChI=1S/C34H41BN4/c1-3-10-24(11-4-1)35-30-22-36-20-17-26(30)34(27-18-21-37-23-31(27)35)28-14-7-8-16-32(28)39(25-12-5-2-6-13-25)33-29(34)15-9-19-38-33/h1-8,10-14,16,26-27,29-31,33,36-38H,9,15,17-23H2. The van der Waals surface area contributed by atoms with Gasteiger partial charge in [-0.05, 0) is 106 Å². The zero-order chi connectivity index (χ0) is 25.8. The van der Waals surface area contributed by atoms with Crippen LogP contribution in [0.3, 0.4) is 0 Å². The molecule has 0 amide bonds. The van der Waals surface area contributed by atoms with E-state index < -0.39 is 0 Å². The number of benzene rings is 3. The van der Waals surface area contributed by atoms with E-state index in [4.69, 9.17) is 0 Å². The molecule has 0 radical (unpaired) electrons. The molecule has 5 heteroatoms. The lowest BCUT2D eigenvalue weighted by molar-refractivity contribution is -0.00200. The molecule has 3 aromatic rings. The van der Waals surface area contributed by atoms with Crippen molar-refractivity contribution in [2.45, 2.75) is 48.9 Å². The summed E-state index contributed by atoms with van der Waals surface area (Å²) in [7, 11) is 0. The number of nitrogens with one attached hydrogen (secondary N) is 3. The minimum atomic E-state index is 0.199. The summed E-state index contributed by atoms with van der Waals surface area (Å²) in [6, 6.07) is 32.4. The molecule has 0 aliphatic carbocycles. The van der Waals surface area contributed by atoms with Crippen molar-refractivity contribution >= 4 is 23.6 Å².